The van der Waals surface area contributed by atoms with Crippen LogP contribution in [0.25, 0.3) is 22.6 Å². The lowest BCUT2D eigenvalue weighted by atomic mass is 10.1. The zero-order chi connectivity index (χ0) is 19.3. The topological polar surface area (TPSA) is 93.0 Å². The summed E-state index contributed by atoms with van der Waals surface area (Å²) in [5.74, 6) is 1.11. The fourth-order valence-corrected chi connectivity index (χ4v) is 2.86. The van der Waals surface area contributed by atoms with Gasteiger partial charge in [0.25, 0.3) is 5.91 Å². The van der Waals surface area contributed by atoms with Crippen LogP contribution in [-0.2, 0) is 6.54 Å². The highest BCUT2D eigenvalue weighted by atomic mass is 16.5. The lowest BCUT2D eigenvalue weighted by Gasteiger charge is -2.06. The van der Waals surface area contributed by atoms with Crippen molar-refractivity contribution in [1.29, 1.82) is 0 Å². The van der Waals surface area contributed by atoms with Gasteiger partial charge in [0.05, 0.1) is 31.1 Å². The molecule has 2 aromatic carbocycles. The van der Waals surface area contributed by atoms with Crippen LogP contribution in [0.3, 0.4) is 0 Å². The lowest BCUT2D eigenvalue weighted by molar-refractivity contribution is 0.0951. The molecule has 2 heterocycles. The maximum atomic E-state index is 12.6. The summed E-state index contributed by atoms with van der Waals surface area (Å²) >= 11 is 0. The van der Waals surface area contributed by atoms with Crippen molar-refractivity contribution in [2.45, 2.75) is 6.54 Å². The molecular formula is C21H18N4O3. The van der Waals surface area contributed by atoms with Gasteiger partial charge in [0.2, 0.25) is 0 Å². The average molecular weight is 374 g/mol. The zero-order valence-corrected chi connectivity index (χ0v) is 15.2. The fraction of sp³-hybridized carbons (Fsp3) is 0.0952. The Balaban J connectivity index is 1.47. The van der Waals surface area contributed by atoms with Gasteiger partial charge < -0.3 is 14.6 Å². The number of carbonyl (C=O) groups is 1. The number of nitrogens with zero attached hydrogens (tertiary/aromatic N) is 2. The molecule has 0 saturated carbocycles. The number of hydrogen-bond donors (Lipinski definition) is 2. The second-order valence-corrected chi connectivity index (χ2v) is 6.12. The number of rotatable bonds is 6. The van der Waals surface area contributed by atoms with E-state index in [1.54, 1.807) is 7.11 Å². The number of amides is 1. The van der Waals surface area contributed by atoms with Crippen LogP contribution in [0.1, 0.15) is 16.1 Å². The van der Waals surface area contributed by atoms with E-state index in [-0.39, 0.29) is 12.5 Å². The molecule has 2 N–H and O–H groups in total. The minimum absolute atomic E-state index is 0.248. The van der Waals surface area contributed by atoms with Crippen molar-refractivity contribution in [3.8, 4) is 28.3 Å². The first kappa shape index (κ1) is 17.5. The van der Waals surface area contributed by atoms with E-state index >= 15 is 0 Å². The Kier molecular flexibility index (Phi) is 4.88. The maximum Gasteiger partial charge on any atom is 0.255 e. The summed E-state index contributed by atoms with van der Waals surface area (Å²) in [7, 11) is 1.60. The normalized spacial score (nSPS) is 10.6. The van der Waals surface area contributed by atoms with Gasteiger partial charge in [-0.3, -0.25) is 9.89 Å². The number of methoxy groups -OCH3 is 1. The molecule has 28 heavy (non-hydrogen) atoms. The van der Waals surface area contributed by atoms with Crippen molar-refractivity contribution in [1.82, 2.24) is 20.7 Å². The van der Waals surface area contributed by atoms with E-state index in [4.69, 9.17) is 9.26 Å². The van der Waals surface area contributed by atoms with E-state index in [9.17, 15) is 4.79 Å². The number of aromatic nitrogens is 3. The molecule has 0 aliphatic rings. The largest absolute Gasteiger partial charge is 0.497 e. The summed E-state index contributed by atoms with van der Waals surface area (Å²) < 4.78 is 10.6. The van der Waals surface area contributed by atoms with E-state index < -0.39 is 0 Å². The first-order valence-electron chi connectivity index (χ1n) is 8.71. The van der Waals surface area contributed by atoms with Gasteiger partial charge in [-0.15, -0.1) is 0 Å². The third-order valence-electron chi connectivity index (χ3n) is 4.29. The van der Waals surface area contributed by atoms with Crippen LogP contribution in [-0.4, -0.2) is 28.4 Å². The zero-order valence-electron chi connectivity index (χ0n) is 15.2. The van der Waals surface area contributed by atoms with Gasteiger partial charge >= 0.3 is 0 Å². The predicted octanol–water partition coefficient (Wildman–Crippen LogP) is 3.67. The van der Waals surface area contributed by atoms with E-state index in [1.165, 1.54) is 6.20 Å². The molecule has 0 unspecified atom stereocenters. The predicted molar refractivity (Wildman–Crippen MR) is 104 cm³/mol. The van der Waals surface area contributed by atoms with Gasteiger partial charge in [-0.1, -0.05) is 47.6 Å². The Bertz CT molecular complexity index is 1090. The molecule has 4 rings (SSSR count). The minimum atomic E-state index is -0.254. The Hall–Kier alpha value is -3.87. The summed E-state index contributed by atoms with van der Waals surface area (Å²) in [6.45, 7) is 0.248. The minimum Gasteiger partial charge on any atom is -0.497 e. The molecular weight excluding hydrogens is 356 g/mol. The molecule has 0 aliphatic carbocycles. The van der Waals surface area contributed by atoms with Gasteiger partial charge in [0, 0.05) is 17.2 Å². The van der Waals surface area contributed by atoms with E-state index in [0.717, 1.165) is 11.1 Å². The SMILES string of the molecule is COc1cccc(-c2[nH]ncc2C(=O)NCc2cc(-c3ccccc3)on2)c1. The van der Waals surface area contributed by atoms with Crippen molar-refractivity contribution < 1.29 is 14.1 Å². The lowest BCUT2D eigenvalue weighted by Crippen LogP contribution is -2.23. The van der Waals surface area contributed by atoms with Gasteiger partial charge in [0.1, 0.15) is 11.4 Å². The number of hydrogen-bond acceptors (Lipinski definition) is 5. The standard InChI is InChI=1S/C21H18N4O3/c1-27-17-9-5-8-15(10-17)20-18(13-23-24-20)21(26)22-12-16-11-19(28-25-16)14-6-3-2-4-7-14/h2-11,13H,12H2,1H3,(H,22,26)(H,23,24). The van der Waals surface area contributed by atoms with E-state index in [1.807, 2.05) is 60.7 Å². The van der Waals surface area contributed by atoms with Gasteiger partial charge in [-0.25, -0.2) is 0 Å². The Morgan fingerprint density at radius 1 is 1.11 bits per heavy atom. The Morgan fingerprint density at radius 3 is 2.75 bits per heavy atom. The molecule has 0 spiro atoms. The molecule has 0 fully saturated rings. The number of benzene rings is 2. The number of H-pyrrole nitrogens is 1. The van der Waals surface area contributed by atoms with Crippen molar-refractivity contribution >= 4 is 5.91 Å². The first-order valence-corrected chi connectivity index (χ1v) is 8.71. The van der Waals surface area contributed by atoms with Crippen LogP contribution in [0.2, 0.25) is 0 Å². The van der Waals surface area contributed by atoms with Crippen LogP contribution < -0.4 is 10.1 Å². The van der Waals surface area contributed by atoms with Gasteiger partial charge in [-0.05, 0) is 12.1 Å². The second kappa shape index (κ2) is 7.79. The third kappa shape index (κ3) is 3.64. The Labute approximate surface area is 161 Å². The molecule has 7 heteroatoms. The maximum absolute atomic E-state index is 12.6. The van der Waals surface area contributed by atoms with Crippen LogP contribution in [0.5, 0.6) is 5.75 Å². The summed E-state index contributed by atoms with van der Waals surface area (Å²) in [5, 5.41) is 13.8. The van der Waals surface area contributed by atoms with Gasteiger partial charge in [0.15, 0.2) is 5.76 Å². The van der Waals surface area contributed by atoms with Crippen LogP contribution in [0, 0.1) is 0 Å². The fourth-order valence-electron chi connectivity index (χ4n) is 2.86. The van der Waals surface area contributed by atoms with Crippen LogP contribution in [0.15, 0.2) is 71.4 Å². The molecule has 4 aromatic rings. The summed E-state index contributed by atoms with van der Waals surface area (Å²) in [6.07, 6.45) is 1.50. The average Bonchev–Trinajstić information content (AvgIpc) is 3.42. The third-order valence-corrected chi connectivity index (χ3v) is 4.29. The van der Waals surface area contributed by atoms with E-state index in [2.05, 4.69) is 20.7 Å². The van der Waals surface area contributed by atoms with Crippen molar-refractivity contribution in [3.05, 3.63) is 78.1 Å². The monoisotopic (exact) mass is 374 g/mol. The van der Waals surface area contributed by atoms with Crippen LogP contribution >= 0.6 is 0 Å². The molecule has 0 radical (unpaired) electrons. The molecule has 0 bridgehead atoms. The number of aromatic amines is 1. The second-order valence-electron chi connectivity index (χ2n) is 6.12. The smallest absolute Gasteiger partial charge is 0.255 e. The Morgan fingerprint density at radius 2 is 1.93 bits per heavy atom. The molecule has 0 atom stereocenters. The van der Waals surface area contributed by atoms with Crippen LogP contribution in [0.4, 0.5) is 0 Å². The molecule has 2 aromatic heterocycles. The van der Waals surface area contributed by atoms with Crippen molar-refractivity contribution in [2.75, 3.05) is 7.11 Å². The number of nitrogens with one attached hydrogen (secondary N) is 2. The molecule has 140 valence electrons. The van der Waals surface area contributed by atoms with Crippen molar-refractivity contribution in [2.24, 2.45) is 0 Å². The quantitative estimate of drug-likeness (QED) is 0.537. The van der Waals surface area contributed by atoms with Crippen molar-refractivity contribution in [3.63, 3.8) is 0 Å². The number of ether oxygens (including phenoxy) is 1. The number of carbonyl (C=O) groups excluding carboxylic acids is 1. The van der Waals surface area contributed by atoms with Gasteiger partial charge in [-0.2, -0.15) is 5.10 Å². The molecule has 7 nitrogen and oxygen atoms in total. The molecule has 1 amide bonds. The molecule has 0 saturated heterocycles. The van der Waals surface area contributed by atoms with E-state index in [0.29, 0.717) is 28.5 Å². The highest BCUT2D eigenvalue weighted by molar-refractivity contribution is 5.99. The summed E-state index contributed by atoms with van der Waals surface area (Å²) in [5.41, 5.74) is 3.46. The first-order chi connectivity index (χ1) is 13.7. The summed E-state index contributed by atoms with van der Waals surface area (Å²) in [4.78, 5) is 12.6. The summed E-state index contributed by atoms with van der Waals surface area (Å²) in [6, 6.07) is 18.9. The highest BCUT2D eigenvalue weighted by Gasteiger charge is 2.16. The molecule has 0 aliphatic heterocycles. The highest BCUT2D eigenvalue weighted by Crippen LogP contribution is 2.25.